The summed E-state index contributed by atoms with van der Waals surface area (Å²) in [6.07, 6.45) is 0. The molecule has 0 amide bonds. The molecule has 0 fully saturated rings. The maximum absolute atomic E-state index is 10.7. The summed E-state index contributed by atoms with van der Waals surface area (Å²) in [4.78, 5) is 10.7. The molecule has 0 spiro atoms. The summed E-state index contributed by atoms with van der Waals surface area (Å²) >= 11 is 0. The normalized spacial score (nSPS) is 11.5. The number of allylic oxidation sites excluding steroid dienone is 1. The number of hydrogen-bond donors (Lipinski definition) is 2. The van der Waals surface area contributed by atoms with Gasteiger partial charge in [0.15, 0.2) is 0 Å². The number of nitriles is 1. The second-order valence-electron chi connectivity index (χ2n) is 2.96. The largest absolute Gasteiger partial charge is 0.508 e. The van der Waals surface area contributed by atoms with E-state index in [1.54, 1.807) is 0 Å². The first-order chi connectivity index (χ1) is 7.06. The van der Waals surface area contributed by atoms with Crippen LogP contribution in [-0.4, -0.2) is 16.2 Å². The molecule has 0 unspecified atom stereocenters. The first-order valence-corrected chi connectivity index (χ1v) is 4.20. The van der Waals surface area contributed by atoms with E-state index >= 15 is 0 Å². The zero-order valence-corrected chi connectivity index (χ0v) is 8.06. The maximum Gasteiger partial charge on any atom is 0.332 e. The van der Waals surface area contributed by atoms with E-state index in [1.807, 2.05) is 6.07 Å². The van der Waals surface area contributed by atoms with Crippen molar-refractivity contribution in [3.63, 3.8) is 0 Å². The molecule has 0 saturated carbocycles. The molecule has 0 aliphatic heterocycles. The fourth-order valence-electron chi connectivity index (χ4n) is 1.10. The highest BCUT2D eigenvalue weighted by Crippen LogP contribution is 2.20. The van der Waals surface area contributed by atoms with Gasteiger partial charge in [0, 0.05) is 0 Å². The van der Waals surface area contributed by atoms with Gasteiger partial charge in [0.05, 0.1) is 11.1 Å². The third kappa shape index (κ3) is 2.35. The van der Waals surface area contributed by atoms with Gasteiger partial charge in [0.25, 0.3) is 0 Å². The number of hydrogen-bond acceptors (Lipinski definition) is 3. The van der Waals surface area contributed by atoms with Crippen LogP contribution in [0, 0.1) is 11.3 Å². The van der Waals surface area contributed by atoms with Gasteiger partial charge in [0.1, 0.15) is 11.8 Å². The van der Waals surface area contributed by atoms with Crippen LogP contribution in [0.4, 0.5) is 0 Å². The highest BCUT2D eigenvalue weighted by molar-refractivity contribution is 5.99. The van der Waals surface area contributed by atoms with E-state index < -0.39 is 5.97 Å². The van der Waals surface area contributed by atoms with Crippen molar-refractivity contribution in [2.24, 2.45) is 0 Å². The Morgan fingerprint density at radius 2 is 1.87 bits per heavy atom. The van der Waals surface area contributed by atoms with Gasteiger partial charge in [-0.3, -0.25) is 0 Å². The Kier molecular flexibility index (Phi) is 3.09. The number of carboxylic acids is 1. The number of carboxylic acid groups (broad SMARTS) is 1. The lowest BCUT2D eigenvalue weighted by Crippen LogP contribution is -1.99. The van der Waals surface area contributed by atoms with Gasteiger partial charge in [-0.25, -0.2) is 4.79 Å². The third-order valence-corrected chi connectivity index (χ3v) is 1.96. The quantitative estimate of drug-likeness (QED) is 0.567. The number of aliphatic carboxylic acids is 1. The van der Waals surface area contributed by atoms with Crippen molar-refractivity contribution in [3.05, 3.63) is 35.4 Å². The summed E-state index contributed by atoms with van der Waals surface area (Å²) in [7, 11) is 0. The summed E-state index contributed by atoms with van der Waals surface area (Å²) in [5, 5.41) is 26.6. The van der Waals surface area contributed by atoms with E-state index in [-0.39, 0.29) is 16.9 Å². The summed E-state index contributed by atoms with van der Waals surface area (Å²) < 4.78 is 0. The molecule has 0 bridgehead atoms. The van der Waals surface area contributed by atoms with E-state index in [4.69, 9.17) is 15.5 Å². The smallest absolute Gasteiger partial charge is 0.332 e. The minimum absolute atomic E-state index is 0.0109. The number of nitrogens with zero attached hydrogens (tertiary/aromatic N) is 1. The van der Waals surface area contributed by atoms with Crippen LogP contribution in [-0.2, 0) is 4.79 Å². The lowest BCUT2D eigenvalue weighted by molar-refractivity contribution is -0.132. The Hall–Kier alpha value is -2.28. The number of aromatic hydroxyl groups is 1. The first-order valence-electron chi connectivity index (χ1n) is 4.20. The average molecular weight is 203 g/mol. The molecule has 0 atom stereocenters. The molecule has 15 heavy (non-hydrogen) atoms. The SMILES string of the molecule is C/C(C(=O)O)=C(\C#N)c1ccc(O)cc1. The fourth-order valence-corrected chi connectivity index (χ4v) is 1.10. The molecule has 1 rings (SSSR count). The summed E-state index contributed by atoms with van der Waals surface area (Å²) in [6.45, 7) is 1.37. The molecule has 1 aromatic rings. The fraction of sp³-hybridized carbons (Fsp3) is 0.0909. The maximum atomic E-state index is 10.7. The summed E-state index contributed by atoms with van der Waals surface area (Å²) in [6, 6.07) is 7.65. The van der Waals surface area contributed by atoms with Crippen LogP contribution in [0.15, 0.2) is 29.8 Å². The number of rotatable bonds is 2. The van der Waals surface area contributed by atoms with Crippen molar-refractivity contribution in [2.75, 3.05) is 0 Å². The summed E-state index contributed by atoms with van der Waals surface area (Å²) in [5.74, 6) is -1.05. The molecule has 1 aromatic carbocycles. The molecule has 0 radical (unpaired) electrons. The Morgan fingerprint density at radius 1 is 1.33 bits per heavy atom. The molecule has 4 heteroatoms. The van der Waals surface area contributed by atoms with Crippen molar-refractivity contribution in [3.8, 4) is 11.8 Å². The van der Waals surface area contributed by atoms with E-state index in [2.05, 4.69) is 0 Å². The monoisotopic (exact) mass is 203 g/mol. The molecule has 0 saturated heterocycles. The zero-order valence-electron chi connectivity index (χ0n) is 8.06. The van der Waals surface area contributed by atoms with Gasteiger partial charge in [-0.15, -0.1) is 0 Å². The molecule has 0 aromatic heterocycles. The predicted molar refractivity (Wildman–Crippen MR) is 53.9 cm³/mol. The second-order valence-corrected chi connectivity index (χ2v) is 2.96. The highest BCUT2D eigenvalue weighted by Gasteiger charge is 2.10. The molecule has 0 aliphatic rings. The molecule has 0 heterocycles. The zero-order chi connectivity index (χ0) is 11.4. The molecule has 76 valence electrons. The van der Waals surface area contributed by atoms with Gasteiger partial charge in [-0.05, 0) is 36.8 Å². The van der Waals surface area contributed by atoms with Crippen LogP contribution >= 0.6 is 0 Å². The van der Waals surface area contributed by atoms with Crippen LogP contribution < -0.4 is 0 Å². The van der Waals surface area contributed by atoms with Gasteiger partial charge in [-0.1, -0.05) is 0 Å². The van der Waals surface area contributed by atoms with Crippen LogP contribution in [0.2, 0.25) is 0 Å². The van der Waals surface area contributed by atoms with Crippen LogP contribution in [0.25, 0.3) is 5.57 Å². The van der Waals surface area contributed by atoms with Crippen molar-refractivity contribution in [1.82, 2.24) is 0 Å². The topological polar surface area (TPSA) is 81.3 Å². The minimum Gasteiger partial charge on any atom is -0.508 e. The first kappa shape index (κ1) is 10.8. The van der Waals surface area contributed by atoms with Crippen LogP contribution in [0.5, 0.6) is 5.75 Å². The number of carbonyl (C=O) groups is 1. The van der Waals surface area contributed by atoms with E-state index in [9.17, 15) is 4.79 Å². The van der Waals surface area contributed by atoms with Crippen molar-refractivity contribution in [1.29, 1.82) is 5.26 Å². The Morgan fingerprint density at radius 3 is 2.27 bits per heavy atom. The van der Waals surface area contributed by atoms with E-state index in [1.165, 1.54) is 31.2 Å². The summed E-state index contributed by atoms with van der Waals surface area (Å²) in [5.41, 5.74) is 0.570. The number of benzene rings is 1. The molecule has 2 N–H and O–H groups in total. The van der Waals surface area contributed by atoms with Gasteiger partial charge >= 0.3 is 5.97 Å². The Bertz CT molecular complexity index is 452. The number of phenols is 1. The van der Waals surface area contributed by atoms with E-state index in [0.717, 1.165) is 0 Å². The Balaban J connectivity index is 3.27. The number of phenolic OH excluding ortho intramolecular Hbond substituents is 1. The molecule has 0 aliphatic carbocycles. The Labute approximate surface area is 86.7 Å². The minimum atomic E-state index is -1.13. The lowest BCUT2D eigenvalue weighted by Gasteiger charge is -2.01. The molecular formula is C11H9NO3. The van der Waals surface area contributed by atoms with Crippen molar-refractivity contribution >= 4 is 11.5 Å². The van der Waals surface area contributed by atoms with Crippen LogP contribution in [0.3, 0.4) is 0 Å². The second kappa shape index (κ2) is 4.29. The predicted octanol–water partition coefficient (Wildman–Crippen LogP) is 1.77. The van der Waals surface area contributed by atoms with E-state index in [0.29, 0.717) is 5.56 Å². The van der Waals surface area contributed by atoms with Gasteiger partial charge in [-0.2, -0.15) is 5.26 Å². The third-order valence-electron chi connectivity index (χ3n) is 1.96. The molecular weight excluding hydrogens is 194 g/mol. The molecule has 4 nitrogen and oxygen atoms in total. The van der Waals surface area contributed by atoms with Gasteiger partial charge < -0.3 is 10.2 Å². The highest BCUT2D eigenvalue weighted by atomic mass is 16.4. The van der Waals surface area contributed by atoms with Crippen molar-refractivity contribution < 1.29 is 15.0 Å². The van der Waals surface area contributed by atoms with Crippen molar-refractivity contribution in [2.45, 2.75) is 6.92 Å². The van der Waals surface area contributed by atoms with Gasteiger partial charge in [0.2, 0.25) is 0 Å². The lowest BCUT2D eigenvalue weighted by atomic mass is 10.0. The van der Waals surface area contributed by atoms with Crippen LogP contribution in [0.1, 0.15) is 12.5 Å². The standard InChI is InChI=1S/C11H9NO3/c1-7(11(14)15)10(6-12)8-2-4-9(13)5-3-8/h2-5,13H,1H3,(H,14,15)/b10-7-. The average Bonchev–Trinajstić information content (AvgIpc) is 2.21.